The van der Waals surface area contributed by atoms with E-state index in [9.17, 15) is 0 Å². The Balaban J connectivity index is 0.000000132. The molecule has 1 heterocycles. The highest BCUT2D eigenvalue weighted by molar-refractivity contribution is 6.30. The zero-order valence-electron chi connectivity index (χ0n) is 43.1. The Morgan fingerprint density at radius 3 is 1.19 bits per heavy atom. The van der Waals surface area contributed by atoms with Gasteiger partial charge in [-0.3, -0.25) is 0 Å². The molecule has 17 rings (SSSR count). The van der Waals surface area contributed by atoms with E-state index in [1.54, 1.807) is 0 Å². The molecule has 79 heavy (non-hydrogen) atoms. The van der Waals surface area contributed by atoms with E-state index in [0.29, 0.717) is 0 Å². The summed E-state index contributed by atoms with van der Waals surface area (Å²) in [5, 5.41) is 25.2. The monoisotopic (exact) mass is 1000 g/mol. The van der Waals surface area contributed by atoms with Crippen LogP contribution in [-0.4, -0.2) is 0 Å². The number of fused-ring (bicyclic) bond motifs is 14. The van der Waals surface area contributed by atoms with Crippen LogP contribution in [0.5, 0.6) is 0 Å². The minimum Gasteiger partial charge on any atom is -0.456 e. The highest BCUT2D eigenvalue weighted by atomic mass is 16.3. The summed E-state index contributed by atoms with van der Waals surface area (Å²) in [6, 6.07) is 106. The van der Waals surface area contributed by atoms with E-state index in [0.717, 1.165) is 16.6 Å². The maximum absolute atomic E-state index is 6.49. The molecule has 0 aliphatic heterocycles. The Hall–Kier alpha value is -10.3. The molecule has 17 aromatic rings. The highest BCUT2D eigenvalue weighted by Crippen LogP contribution is 2.50. The van der Waals surface area contributed by atoms with Gasteiger partial charge in [-0.25, -0.2) is 0 Å². The Morgan fingerprint density at radius 1 is 0.177 bits per heavy atom. The van der Waals surface area contributed by atoms with E-state index in [-0.39, 0.29) is 0 Å². The third-order valence-electron chi connectivity index (χ3n) is 16.6. The van der Waals surface area contributed by atoms with Crippen molar-refractivity contribution in [1.82, 2.24) is 0 Å². The van der Waals surface area contributed by atoms with Crippen LogP contribution in [0.3, 0.4) is 0 Å². The van der Waals surface area contributed by atoms with Crippen LogP contribution in [-0.2, 0) is 0 Å². The number of hydrogen-bond donors (Lipinski definition) is 0. The molecule has 0 saturated heterocycles. The van der Waals surface area contributed by atoms with Gasteiger partial charge in [0.15, 0.2) is 0 Å². The van der Waals surface area contributed by atoms with Crippen molar-refractivity contribution >= 4 is 119 Å². The fraction of sp³-hybridized carbons (Fsp3) is 0. The van der Waals surface area contributed by atoms with Crippen LogP contribution in [0.4, 0.5) is 0 Å². The lowest BCUT2D eigenvalue weighted by Crippen LogP contribution is -1.92. The van der Waals surface area contributed by atoms with E-state index >= 15 is 0 Å². The van der Waals surface area contributed by atoms with Gasteiger partial charge in [0.25, 0.3) is 0 Å². The zero-order chi connectivity index (χ0) is 52.0. The maximum atomic E-state index is 6.49. The maximum Gasteiger partial charge on any atom is 0.136 e. The van der Waals surface area contributed by atoms with Gasteiger partial charge in [-0.1, -0.05) is 267 Å². The van der Waals surface area contributed by atoms with Crippen LogP contribution in [0.15, 0.2) is 296 Å². The van der Waals surface area contributed by atoms with Gasteiger partial charge in [-0.15, -0.1) is 0 Å². The largest absolute Gasteiger partial charge is 0.456 e. The molecular weight excluding hydrogens is 953 g/mol. The van der Waals surface area contributed by atoms with Gasteiger partial charge < -0.3 is 4.42 Å². The smallest absolute Gasteiger partial charge is 0.136 e. The topological polar surface area (TPSA) is 13.1 Å². The molecule has 0 N–H and O–H groups in total. The molecule has 0 saturated carbocycles. The molecule has 1 heteroatoms. The lowest BCUT2D eigenvalue weighted by atomic mass is 9.83. The molecule has 0 unspecified atom stereocenters. The minimum absolute atomic E-state index is 0.916. The normalized spacial score (nSPS) is 11.8. The summed E-state index contributed by atoms with van der Waals surface area (Å²) in [6.07, 6.45) is 0. The Kier molecular flexibility index (Phi) is 10.3. The molecule has 0 aliphatic rings. The third-order valence-corrected chi connectivity index (χ3v) is 16.6. The van der Waals surface area contributed by atoms with Crippen molar-refractivity contribution in [2.45, 2.75) is 0 Å². The standard InChI is InChI=1S/C40H24O.C38H24/c1-2-13-27-24-37-35(23-26(27)12-1)40-34(21-10-22-36(40)41-37)39-32-18-7-5-16-30(32)38(31-17-6-8-19-33(31)39)29-20-9-14-25-11-3-4-15-28(25)29;1-2-13-26(14-3-1)36-31-18-8-10-20-33(31)38(34-21-11-9-19-32(34)36)35-24-27-23-22-25-12-4-5-15-28(25)37(27)30-17-7-6-16-29(30)35/h1-24H;1-24H. The molecule has 1 aromatic heterocycles. The first-order valence-corrected chi connectivity index (χ1v) is 27.3. The first-order chi connectivity index (χ1) is 39.2. The van der Waals surface area contributed by atoms with Crippen molar-refractivity contribution in [2.75, 3.05) is 0 Å². The SMILES string of the molecule is c1ccc(-c2c3ccccc3c(-c3cc4ccc5ccccc5c4c4ccccc34)c3ccccc23)cc1.c1ccc2cc3c(cc2c1)oc1cccc(-c2c4ccccc4c(-c4cccc5ccccc45)c4ccccc24)c13. The van der Waals surface area contributed by atoms with Gasteiger partial charge in [0, 0.05) is 10.8 Å². The summed E-state index contributed by atoms with van der Waals surface area (Å²) in [4.78, 5) is 0. The quantitative estimate of drug-likeness (QED) is 0.126. The van der Waals surface area contributed by atoms with Crippen LogP contribution < -0.4 is 0 Å². The fourth-order valence-corrected chi connectivity index (χ4v) is 13.3. The van der Waals surface area contributed by atoms with Crippen molar-refractivity contribution in [3.05, 3.63) is 291 Å². The molecule has 0 aliphatic carbocycles. The Morgan fingerprint density at radius 2 is 0.582 bits per heavy atom. The zero-order valence-corrected chi connectivity index (χ0v) is 43.1. The van der Waals surface area contributed by atoms with E-state index in [4.69, 9.17) is 4.42 Å². The first-order valence-electron chi connectivity index (χ1n) is 27.3. The van der Waals surface area contributed by atoms with Crippen LogP contribution in [0.25, 0.3) is 163 Å². The fourth-order valence-electron chi connectivity index (χ4n) is 13.3. The van der Waals surface area contributed by atoms with Crippen molar-refractivity contribution in [3.8, 4) is 44.5 Å². The molecule has 0 atom stereocenters. The van der Waals surface area contributed by atoms with Crippen LogP contribution >= 0.6 is 0 Å². The van der Waals surface area contributed by atoms with Crippen molar-refractivity contribution < 1.29 is 4.42 Å². The van der Waals surface area contributed by atoms with Crippen molar-refractivity contribution in [2.24, 2.45) is 0 Å². The summed E-state index contributed by atoms with van der Waals surface area (Å²) >= 11 is 0. The van der Waals surface area contributed by atoms with Crippen molar-refractivity contribution in [1.29, 1.82) is 0 Å². The summed E-state index contributed by atoms with van der Waals surface area (Å²) in [7, 11) is 0. The Labute approximate surface area is 456 Å². The second kappa shape index (κ2) is 18.2. The molecule has 366 valence electrons. The summed E-state index contributed by atoms with van der Waals surface area (Å²) in [6.45, 7) is 0. The predicted octanol–water partition coefficient (Wildman–Crippen LogP) is 22.3. The van der Waals surface area contributed by atoms with Crippen LogP contribution in [0, 0.1) is 0 Å². The lowest BCUT2D eigenvalue weighted by Gasteiger charge is -2.20. The lowest BCUT2D eigenvalue weighted by molar-refractivity contribution is 0.669. The summed E-state index contributed by atoms with van der Waals surface area (Å²) < 4.78 is 6.49. The molecule has 1 nitrogen and oxygen atoms in total. The van der Waals surface area contributed by atoms with Crippen LogP contribution in [0.2, 0.25) is 0 Å². The van der Waals surface area contributed by atoms with Gasteiger partial charge in [0.2, 0.25) is 0 Å². The average Bonchev–Trinajstić information content (AvgIpc) is 4.06. The van der Waals surface area contributed by atoms with E-state index in [1.807, 2.05) is 0 Å². The summed E-state index contributed by atoms with van der Waals surface area (Å²) in [5.74, 6) is 0. The first kappa shape index (κ1) is 44.9. The minimum atomic E-state index is 0.916. The number of rotatable bonds is 4. The molecule has 0 radical (unpaired) electrons. The molecular formula is C78H48O. The number of furan rings is 1. The number of benzene rings is 16. The van der Waals surface area contributed by atoms with E-state index in [2.05, 4.69) is 291 Å². The summed E-state index contributed by atoms with van der Waals surface area (Å²) in [5.41, 5.74) is 12.0. The van der Waals surface area contributed by atoms with E-state index < -0.39 is 0 Å². The highest BCUT2D eigenvalue weighted by Gasteiger charge is 2.23. The van der Waals surface area contributed by atoms with Crippen LogP contribution in [0.1, 0.15) is 0 Å². The van der Waals surface area contributed by atoms with Gasteiger partial charge in [0.1, 0.15) is 11.2 Å². The molecule has 0 fully saturated rings. The van der Waals surface area contributed by atoms with Gasteiger partial charge >= 0.3 is 0 Å². The number of hydrogen-bond acceptors (Lipinski definition) is 1. The Bertz CT molecular complexity index is 5190. The molecule has 0 bridgehead atoms. The molecule has 0 spiro atoms. The molecule has 0 amide bonds. The van der Waals surface area contributed by atoms with Crippen molar-refractivity contribution in [3.63, 3.8) is 0 Å². The molecule has 16 aromatic carbocycles. The average molecular weight is 1000 g/mol. The van der Waals surface area contributed by atoms with Gasteiger partial charge in [-0.2, -0.15) is 0 Å². The van der Waals surface area contributed by atoms with Gasteiger partial charge in [0.05, 0.1) is 0 Å². The van der Waals surface area contributed by atoms with E-state index in [1.165, 1.54) is 147 Å². The second-order valence-electron chi connectivity index (χ2n) is 20.9. The second-order valence-corrected chi connectivity index (χ2v) is 20.9. The van der Waals surface area contributed by atoms with Gasteiger partial charge in [-0.05, 0) is 166 Å². The predicted molar refractivity (Wildman–Crippen MR) is 339 cm³/mol. The third kappa shape index (κ3) is 7.10.